The summed E-state index contributed by atoms with van der Waals surface area (Å²) >= 11 is 0. The first-order chi connectivity index (χ1) is 14.0. The minimum absolute atomic E-state index is 0.106. The number of hydrogen-bond donors (Lipinski definition) is 2. The molecule has 29 heavy (non-hydrogen) atoms. The van der Waals surface area contributed by atoms with Crippen LogP contribution in [0.15, 0.2) is 60.9 Å². The van der Waals surface area contributed by atoms with E-state index in [2.05, 4.69) is 21.4 Å². The number of benzene rings is 2. The van der Waals surface area contributed by atoms with Crippen LogP contribution in [-0.4, -0.2) is 15.9 Å². The van der Waals surface area contributed by atoms with Crippen molar-refractivity contribution in [1.29, 1.82) is 0 Å². The Morgan fingerprint density at radius 3 is 2.79 bits per heavy atom. The molecule has 0 fully saturated rings. The maximum absolute atomic E-state index is 14.3. The van der Waals surface area contributed by atoms with Crippen molar-refractivity contribution in [2.45, 2.75) is 20.4 Å². The van der Waals surface area contributed by atoms with Gasteiger partial charge in [-0.1, -0.05) is 12.1 Å². The summed E-state index contributed by atoms with van der Waals surface area (Å²) in [7, 11) is 0. The molecule has 4 rings (SSSR count). The van der Waals surface area contributed by atoms with Gasteiger partial charge in [-0.15, -0.1) is 0 Å². The summed E-state index contributed by atoms with van der Waals surface area (Å²) in [5, 5.41) is 3.84. The van der Waals surface area contributed by atoms with Crippen LogP contribution in [0.2, 0.25) is 0 Å². The van der Waals surface area contributed by atoms with Crippen LogP contribution in [-0.2, 0) is 6.54 Å². The van der Waals surface area contributed by atoms with Gasteiger partial charge in [0.25, 0.3) is 5.91 Å². The summed E-state index contributed by atoms with van der Waals surface area (Å²) in [6, 6.07) is 13.9. The van der Waals surface area contributed by atoms with E-state index in [1.165, 1.54) is 12.3 Å². The lowest BCUT2D eigenvalue weighted by Gasteiger charge is -2.09. The van der Waals surface area contributed by atoms with Crippen molar-refractivity contribution >= 4 is 16.8 Å². The number of fused-ring (bicyclic) bond motifs is 1. The van der Waals surface area contributed by atoms with Gasteiger partial charge < -0.3 is 15.0 Å². The zero-order chi connectivity index (χ0) is 20.4. The van der Waals surface area contributed by atoms with Crippen molar-refractivity contribution in [3.05, 3.63) is 89.1 Å². The van der Waals surface area contributed by atoms with Crippen molar-refractivity contribution in [1.82, 2.24) is 15.3 Å². The van der Waals surface area contributed by atoms with Crippen LogP contribution in [0.25, 0.3) is 10.9 Å². The number of aromatic nitrogens is 2. The maximum atomic E-state index is 14.3. The minimum Gasteiger partial charge on any atom is -0.453 e. The maximum Gasteiger partial charge on any atom is 0.267 e. The van der Waals surface area contributed by atoms with E-state index in [4.69, 9.17) is 4.74 Å². The van der Waals surface area contributed by atoms with Crippen LogP contribution in [0.5, 0.6) is 11.5 Å². The largest absolute Gasteiger partial charge is 0.453 e. The molecular formula is C23H20FN3O2. The number of pyridine rings is 1. The van der Waals surface area contributed by atoms with Gasteiger partial charge in [-0.25, -0.2) is 4.39 Å². The summed E-state index contributed by atoms with van der Waals surface area (Å²) in [5.41, 5.74) is 4.29. The van der Waals surface area contributed by atoms with E-state index in [0.717, 1.165) is 22.0 Å². The summed E-state index contributed by atoms with van der Waals surface area (Å²) in [5.74, 6) is -0.182. The number of nitrogens with one attached hydrogen (secondary N) is 2. The minimum atomic E-state index is -0.502. The van der Waals surface area contributed by atoms with E-state index in [1.807, 2.05) is 26.0 Å². The van der Waals surface area contributed by atoms with Crippen LogP contribution in [0, 0.1) is 19.7 Å². The Kier molecular flexibility index (Phi) is 4.99. The van der Waals surface area contributed by atoms with E-state index in [1.54, 1.807) is 30.5 Å². The molecule has 1 amide bonds. The van der Waals surface area contributed by atoms with Gasteiger partial charge in [0.2, 0.25) is 0 Å². The molecule has 0 unspecified atom stereocenters. The van der Waals surface area contributed by atoms with E-state index < -0.39 is 5.82 Å². The molecule has 0 aliphatic rings. The lowest BCUT2D eigenvalue weighted by atomic mass is 10.1. The lowest BCUT2D eigenvalue weighted by molar-refractivity contribution is 0.0946. The molecule has 5 nitrogen and oxygen atoms in total. The average Bonchev–Trinajstić information content (AvgIpc) is 3.13. The predicted octanol–water partition coefficient (Wildman–Crippen LogP) is 5.04. The Bertz CT molecular complexity index is 1190. The molecule has 2 aromatic heterocycles. The lowest BCUT2D eigenvalue weighted by Crippen LogP contribution is -2.23. The molecule has 2 N–H and O–H groups in total. The van der Waals surface area contributed by atoms with Gasteiger partial charge in [0.05, 0.1) is 6.20 Å². The third-order valence-electron chi connectivity index (χ3n) is 4.65. The molecule has 0 spiro atoms. The Morgan fingerprint density at radius 1 is 1.17 bits per heavy atom. The third-order valence-corrected chi connectivity index (χ3v) is 4.65. The monoisotopic (exact) mass is 389 g/mol. The highest BCUT2D eigenvalue weighted by Gasteiger charge is 2.12. The highest BCUT2D eigenvalue weighted by Crippen LogP contribution is 2.25. The number of ether oxygens (including phenoxy) is 1. The molecule has 2 heterocycles. The second-order valence-electron chi connectivity index (χ2n) is 6.96. The van der Waals surface area contributed by atoms with E-state index in [9.17, 15) is 9.18 Å². The van der Waals surface area contributed by atoms with Crippen molar-refractivity contribution in [2.24, 2.45) is 0 Å². The van der Waals surface area contributed by atoms with E-state index in [-0.39, 0.29) is 18.2 Å². The average molecular weight is 389 g/mol. The van der Waals surface area contributed by atoms with Gasteiger partial charge in [0.1, 0.15) is 11.4 Å². The Balaban J connectivity index is 1.44. The number of carbonyl (C=O) groups is 1. The molecule has 0 aliphatic heterocycles. The van der Waals surface area contributed by atoms with Gasteiger partial charge >= 0.3 is 0 Å². The van der Waals surface area contributed by atoms with Crippen LogP contribution >= 0.6 is 0 Å². The van der Waals surface area contributed by atoms with E-state index >= 15 is 0 Å². The second kappa shape index (κ2) is 7.75. The topological polar surface area (TPSA) is 67.0 Å². The third kappa shape index (κ3) is 4.11. The molecular weight excluding hydrogens is 369 g/mol. The van der Waals surface area contributed by atoms with Crippen LogP contribution in [0.4, 0.5) is 4.39 Å². The number of amides is 1. The van der Waals surface area contributed by atoms with Gasteiger partial charge in [-0.2, -0.15) is 0 Å². The first-order valence-corrected chi connectivity index (χ1v) is 9.24. The number of H-pyrrole nitrogens is 1. The fourth-order valence-electron chi connectivity index (χ4n) is 3.27. The molecule has 0 saturated carbocycles. The number of aromatic amines is 1. The number of rotatable bonds is 5. The predicted molar refractivity (Wildman–Crippen MR) is 110 cm³/mol. The molecule has 2 aromatic carbocycles. The molecule has 0 saturated heterocycles. The van der Waals surface area contributed by atoms with Crippen molar-refractivity contribution in [3.8, 4) is 11.5 Å². The Labute approximate surface area is 167 Å². The van der Waals surface area contributed by atoms with E-state index in [0.29, 0.717) is 17.0 Å². The van der Waals surface area contributed by atoms with Crippen LogP contribution < -0.4 is 10.1 Å². The molecule has 0 atom stereocenters. The summed E-state index contributed by atoms with van der Waals surface area (Å²) in [6.07, 6.45) is 3.13. The zero-order valence-corrected chi connectivity index (χ0v) is 16.1. The van der Waals surface area contributed by atoms with Gasteiger partial charge in [-0.05, 0) is 66.9 Å². The zero-order valence-electron chi connectivity index (χ0n) is 16.1. The summed E-state index contributed by atoms with van der Waals surface area (Å²) in [4.78, 5) is 19.6. The fourth-order valence-corrected chi connectivity index (χ4v) is 3.27. The highest BCUT2D eigenvalue weighted by atomic mass is 19.1. The number of hydrogen-bond acceptors (Lipinski definition) is 3. The molecule has 0 bridgehead atoms. The van der Waals surface area contributed by atoms with Gasteiger partial charge in [0.15, 0.2) is 11.6 Å². The SMILES string of the molecule is Cc1cc(C)c2cc(C(=O)NCc3ccc(Oc4cccnc4)c(F)c3)[nH]c2c1. The van der Waals surface area contributed by atoms with Gasteiger partial charge in [0, 0.05) is 23.6 Å². The highest BCUT2D eigenvalue weighted by molar-refractivity contribution is 5.98. The number of aryl methyl sites for hydroxylation is 2. The molecule has 146 valence electrons. The first-order valence-electron chi connectivity index (χ1n) is 9.24. The molecule has 0 aliphatic carbocycles. The van der Waals surface area contributed by atoms with Gasteiger partial charge in [-0.3, -0.25) is 9.78 Å². The molecule has 0 radical (unpaired) electrons. The van der Waals surface area contributed by atoms with Crippen molar-refractivity contribution in [2.75, 3.05) is 0 Å². The fraction of sp³-hybridized carbons (Fsp3) is 0.130. The first kappa shape index (κ1) is 18.7. The Hall–Kier alpha value is -3.67. The number of halogens is 1. The normalized spacial score (nSPS) is 10.9. The Morgan fingerprint density at radius 2 is 2.03 bits per heavy atom. The van der Waals surface area contributed by atoms with Crippen LogP contribution in [0.1, 0.15) is 27.2 Å². The molecule has 4 aromatic rings. The number of carbonyl (C=O) groups excluding carboxylic acids is 1. The van der Waals surface area contributed by atoms with Crippen molar-refractivity contribution < 1.29 is 13.9 Å². The quantitative estimate of drug-likeness (QED) is 0.502. The summed E-state index contributed by atoms with van der Waals surface area (Å²) in [6.45, 7) is 4.24. The van der Waals surface area contributed by atoms with Crippen LogP contribution in [0.3, 0.4) is 0 Å². The number of nitrogens with zero attached hydrogens (tertiary/aromatic N) is 1. The molecule has 6 heteroatoms. The smallest absolute Gasteiger partial charge is 0.267 e. The van der Waals surface area contributed by atoms with Crippen molar-refractivity contribution in [3.63, 3.8) is 0 Å². The summed E-state index contributed by atoms with van der Waals surface area (Å²) < 4.78 is 19.8. The second-order valence-corrected chi connectivity index (χ2v) is 6.96. The standard InChI is InChI=1S/C23H20FN3O2/c1-14-8-15(2)18-11-21(27-20(18)9-14)23(28)26-12-16-5-6-22(19(24)10-16)29-17-4-3-7-25-13-17/h3-11,13,27H,12H2,1-2H3,(H,26,28).